The van der Waals surface area contributed by atoms with E-state index in [9.17, 15) is 8.42 Å². The van der Waals surface area contributed by atoms with Crippen LogP contribution in [0.4, 0.5) is 0 Å². The molecule has 0 saturated carbocycles. The van der Waals surface area contributed by atoms with E-state index in [1.54, 1.807) is 0 Å². The van der Waals surface area contributed by atoms with Crippen LogP contribution in [0.2, 0.25) is 0 Å². The average molecular weight is 202 g/mol. The zero-order valence-electron chi connectivity index (χ0n) is 7.49. The van der Waals surface area contributed by atoms with Gasteiger partial charge in [-0.25, -0.2) is 8.42 Å². The summed E-state index contributed by atoms with van der Waals surface area (Å²) in [5.41, 5.74) is 0. The number of rotatable bonds is 1. The standard InChI is InChI=1S/C8H14N2O2S/c11-13(12)5-7(6-13)10-8-3-1-2-4-9-8/h7H,1-6H2,(H,9,10). The lowest BCUT2D eigenvalue weighted by atomic mass is 10.1. The molecule has 0 spiro atoms. The van der Waals surface area contributed by atoms with E-state index in [1.165, 1.54) is 6.42 Å². The van der Waals surface area contributed by atoms with Crippen molar-refractivity contribution in [1.29, 1.82) is 0 Å². The minimum absolute atomic E-state index is 0.127. The largest absolute Gasteiger partial charge is 0.369 e. The van der Waals surface area contributed by atoms with Crippen LogP contribution in [0.5, 0.6) is 0 Å². The van der Waals surface area contributed by atoms with Gasteiger partial charge in [0.2, 0.25) is 0 Å². The Labute approximate surface area is 78.4 Å². The van der Waals surface area contributed by atoms with E-state index in [0.717, 1.165) is 25.2 Å². The predicted octanol–water partition coefficient (Wildman–Crippen LogP) is -0.0446. The number of nitrogens with one attached hydrogen (secondary N) is 1. The topological polar surface area (TPSA) is 58.5 Å². The van der Waals surface area contributed by atoms with Gasteiger partial charge in [-0.05, 0) is 12.8 Å². The molecule has 0 atom stereocenters. The summed E-state index contributed by atoms with van der Waals surface area (Å²) in [5, 5.41) is 3.18. The predicted molar refractivity (Wildman–Crippen MR) is 51.7 cm³/mol. The van der Waals surface area contributed by atoms with E-state index in [1.807, 2.05) is 0 Å². The first-order chi connectivity index (χ1) is 6.16. The van der Waals surface area contributed by atoms with Gasteiger partial charge in [0.1, 0.15) is 0 Å². The molecule has 2 heterocycles. The fraction of sp³-hybridized carbons (Fsp3) is 0.875. The number of nitrogens with zero attached hydrogens (tertiary/aromatic N) is 1. The number of hydrogen-bond donors (Lipinski definition) is 1. The zero-order chi connectivity index (χ0) is 9.31. The summed E-state index contributed by atoms with van der Waals surface area (Å²) in [6, 6.07) is 0.127. The molecule has 74 valence electrons. The second-order valence-electron chi connectivity index (χ2n) is 3.70. The summed E-state index contributed by atoms with van der Waals surface area (Å²) in [7, 11) is -2.70. The quantitative estimate of drug-likeness (QED) is 0.649. The fourth-order valence-corrected chi connectivity index (χ4v) is 2.99. The minimum atomic E-state index is -2.70. The molecule has 0 aromatic rings. The van der Waals surface area contributed by atoms with Gasteiger partial charge in [-0.1, -0.05) is 0 Å². The SMILES string of the molecule is O=S1(=O)CC(NC2=NCCCC2)C1. The van der Waals surface area contributed by atoms with Crippen molar-refractivity contribution < 1.29 is 8.42 Å². The van der Waals surface area contributed by atoms with Crippen molar-refractivity contribution in [3.8, 4) is 0 Å². The molecule has 0 aromatic heterocycles. The van der Waals surface area contributed by atoms with Gasteiger partial charge in [-0.15, -0.1) is 0 Å². The first-order valence-electron chi connectivity index (χ1n) is 4.66. The molecule has 2 rings (SSSR count). The van der Waals surface area contributed by atoms with Gasteiger partial charge >= 0.3 is 0 Å². The van der Waals surface area contributed by atoms with Gasteiger partial charge in [0, 0.05) is 13.0 Å². The van der Waals surface area contributed by atoms with E-state index in [0.29, 0.717) is 0 Å². The summed E-state index contributed by atoms with van der Waals surface area (Å²) < 4.78 is 21.7. The zero-order valence-corrected chi connectivity index (χ0v) is 8.31. The molecule has 2 aliphatic rings. The summed E-state index contributed by atoms with van der Waals surface area (Å²) >= 11 is 0. The Morgan fingerprint density at radius 1 is 1.31 bits per heavy atom. The molecule has 0 aromatic carbocycles. The molecule has 1 N–H and O–H groups in total. The van der Waals surface area contributed by atoms with E-state index in [-0.39, 0.29) is 17.5 Å². The smallest absolute Gasteiger partial charge is 0.154 e. The molecule has 1 fully saturated rings. The molecule has 0 unspecified atom stereocenters. The van der Waals surface area contributed by atoms with Crippen molar-refractivity contribution >= 4 is 15.7 Å². The monoisotopic (exact) mass is 202 g/mol. The number of sulfone groups is 1. The van der Waals surface area contributed by atoms with Crippen LogP contribution < -0.4 is 5.32 Å². The van der Waals surface area contributed by atoms with Crippen LogP contribution in [0.25, 0.3) is 0 Å². The van der Waals surface area contributed by atoms with Crippen molar-refractivity contribution in [2.75, 3.05) is 18.1 Å². The Morgan fingerprint density at radius 3 is 2.62 bits per heavy atom. The fourth-order valence-electron chi connectivity index (χ4n) is 1.70. The molecule has 1 saturated heterocycles. The maximum atomic E-state index is 10.9. The second-order valence-corrected chi connectivity index (χ2v) is 5.86. The highest BCUT2D eigenvalue weighted by Gasteiger charge is 2.33. The third-order valence-electron chi connectivity index (χ3n) is 2.41. The molecule has 0 radical (unpaired) electrons. The van der Waals surface area contributed by atoms with E-state index in [2.05, 4.69) is 10.3 Å². The average Bonchev–Trinajstić information content (AvgIpc) is 2.03. The van der Waals surface area contributed by atoms with Crippen LogP contribution in [-0.2, 0) is 9.84 Å². The lowest BCUT2D eigenvalue weighted by Crippen LogP contribution is -2.53. The third kappa shape index (κ3) is 2.21. The summed E-state index contributed by atoms with van der Waals surface area (Å²) in [5.74, 6) is 1.57. The van der Waals surface area contributed by atoms with Crippen LogP contribution >= 0.6 is 0 Å². The Kier molecular flexibility index (Phi) is 2.27. The van der Waals surface area contributed by atoms with Gasteiger partial charge in [-0.3, -0.25) is 4.99 Å². The Balaban J connectivity index is 1.83. The van der Waals surface area contributed by atoms with Gasteiger partial charge in [0.25, 0.3) is 0 Å². The van der Waals surface area contributed by atoms with Crippen molar-refractivity contribution in [2.45, 2.75) is 25.3 Å². The Morgan fingerprint density at radius 2 is 2.08 bits per heavy atom. The van der Waals surface area contributed by atoms with Crippen LogP contribution in [0.1, 0.15) is 19.3 Å². The van der Waals surface area contributed by atoms with Crippen molar-refractivity contribution in [2.24, 2.45) is 4.99 Å². The molecule has 5 heteroatoms. The summed E-state index contributed by atoms with van der Waals surface area (Å²) in [4.78, 5) is 4.31. The van der Waals surface area contributed by atoms with E-state index >= 15 is 0 Å². The number of aliphatic imine (C=N–C) groups is 1. The molecule has 0 bridgehead atoms. The molecule has 0 aliphatic carbocycles. The van der Waals surface area contributed by atoms with Crippen molar-refractivity contribution in [3.05, 3.63) is 0 Å². The van der Waals surface area contributed by atoms with Crippen LogP contribution in [0.3, 0.4) is 0 Å². The first kappa shape index (κ1) is 8.99. The lowest BCUT2D eigenvalue weighted by molar-refractivity contribution is 0.546. The van der Waals surface area contributed by atoms with Gasteiger partial charge in [0.15, 0.2) is 9.84 Å². The second kappa shape index (κ2) is 3.29. The van der Waals surface area contributed by atoms with Crippen molar-refractivity contribution in [3.63, 3.8) is 0 Å². The van der Waals surface area contributed by atoms with Crippen LogP contribution in [0.15, 0.2) is 4.99 Å². The highest BCUT2D eigenvalue weighted by Crippen LogP contribution is 2.12. The molecule has 13 heavy (non-hydrogen) atoms. The summed E-state index contributed by atoms with van der Waals surface area (Å²) in [6.07, 6.45) is 3.32. The normalized spacial score (nSPS) is 27.5. The van der Waals surface area contributed by atoms with Gasteiger partial charge in [0.05, 0.1) is 23.4 Å². The number of amidine groups is 1. The van der Waals surface area contributed by atoms with E-state index in [4.69, 9.17) is 0 Å². The Hall–Kier alpha value is -0.580. The van der Waals surface area contributed by atoms with E-state index < -0.39 is 9.84 Å². The molecule has 2 aliphatic heterocycles. The minimum Gasteiger partial charge on any atom is -0.369 e. The highest BCUT2D eigenvalue weighted by atomic mass is 32.2. The molecule has 0 amide bonds. The van der Waals surface area contributed by atoms with Crippen molar-refractivity contribution in [1.82, 2.24) is 5.32 Å². The number of hydrogen-bond acceptors (Lipinski definition) is 4. The molecular weight excluding hydrogens is 188 g/mol. The summed E-state index contributed by atoms with van der Waals surface area (Å²) in [6.45, 7) is 0.891. The van der Waals surface area contributed by atoms with Crippen LogP contribution in [0, 0.1) is 0 Å². The molecule has 4 nitrogen and oxygen atoms in total. The third-order valence-corrected chi connectivity index (χ3v) is 4.23. The maximum Gasteiger partial charge on any atom is 0.154 e. The first-order valence-corrected chi connectivity index (χ1v) is 6.48. The lowest BCUT2D eigenvalue weighted by Gasteiger charge is -2.29. The highest BCUT2D eigenvalue weighted by molar-refractivity contribution is 7.92. The van der Waals surface area contributed by atoms with Gasteiger partial charge < -0.3 is 5.32 Å². The maximum absolute atomic E-state index is 10.9. The van der Waals surface area contributed by atoms with Gasteiger partial charge in [-0.2, -0.15) is 0 Å². The van der Waals surface area contributed by atoms with Crippen LogP contribution in [-0.4, -0.2) is 38.3 Å². The Bertz CT molecular complexity index is 309. The molecular formula is C8H14N2O2S.